The Kier molecular flexibility index (Phi) is 2.49. The molecule has 4 N–H and O–H groups in total. The molecule has 15 heavy (non-hydrogen) atoms. The molecule has 0 spiro atoms. The van der Waals surface area contributed by atoms with Crippen LogP contribution in [0.5, 0.6) is 0 Å². The lowest BCUT2D eigenvalue weighted by molar-refractivity contribution is 0.0698. The van der Waals surface area contributed by atoms with E-state index in [-0.39, 0.29) is 5.56 Å². The van der Waals surface area contributed by atoms with Crippen LogP contribution in [0.3, 0.4) is 0 Å². The number of hydrogen-bond acceptors (Lipinski definition) is 3. The van der Waals surface area contributed by atoms with Gasteiger partial charge in [0.1, 0.15) is 0 Å². The molecule has 0 radical (unpaired) electrons. The van der Waals surface area contributed by atoms with Crippen molar-refractivity contribution in [3.63, 3.8) is 0 Å². The van der Waals surface area contributed by atoms with Crippen LogP contribution in [0.2, 0.25) is 0 Å². The Morgan fingerprint density at radius 3 is 2.67 bits per heavy atom. The van der Waals surface area contributed by atoms with E-state index in [1.54, 1.807) is 18.2 Å². The third-order valence-electron chi connectivity index (χ3n) is 2.76. The summed E-state index contributed by atoms with van der Waals surface area (Å²) in [4.78, 5) is 10.7. The molecular weight excluding hydrogens is 192 g/mol. The molecule has 4 nitrogen and oxygen atoms in total. The maximum absolute atomic E-state index is 10.7. The third kappa shape index (κ3) is 2.03. The molecule has 0 atom stereocenters. The summed E-state index contributed by atoms with van der Waals surface area (Å²) in [6, 6.07) is 5.51. The molecule has 1 aromatic rings. The zero-order chi connectivity index (χ0) is 10.8. The molecule has 0 bridgehead atoms. The number of anilines is 2. The Balaban J connectivity index is 2.13. The van der Waals surface area contributed by atoms with Crippen LogP contribution in [0.4, 0.5) is 11.4 Å². The number of benzene rings is 1. The smallest absolute Gasteiger partial charge is 0.337 e. The summed E-state index contributed by atoms with van der Waals surface area (Å²) in [6.45, 7) is 0. The third-order valence-corrected chi connectivity index (χ3v) is 2.76. The molecule has 80 valence electrons. The molecular formula is C11H14N2O2. The number of rotatable bonds is 3. The predicted octanol–water partition coefficient (Wildman–Crippen LogP) is 1.93. The van der Waals surface area contributed by atoms with E-state index in [0.29, 0.717) is 11.7 Å². The van der Waals surface area contributed by atoms with Crippen LogP contribution in [0.1, 0.15) is 29.6 Å². The van der Waals surface area contributed by atoms with Crippen LogP contribution in [-0.4, -0.2) is 17.1 Å². The summed E-state index contributed by atoms with van der Waals surface area (Å²) < 4.78 is 0. The van der Waals surface area contributed by atoms with Gasteiger partial charge in [-0.15, -0.1) is 0 Å². The van der Waals surface area contributed by atoms with Gasteiger partial charge in [0.2, 0.25) is 0 Å². The number of aromatic carboxylic acids is 1. The second-order valence-electron chi connectivity index (χ2n) is 3.88. The lowest BCUT2D eigenvalue weighted by Gasteiger charge is -2.27. The van der Waals surface area contributed by atoms with Crippen LogP contribution >= 0.6 is 0 Å². The molecule has 1 aliphatic rings. The first-order chi connectivity index (χ1) is 7.16. The Labute approximate surface area is 88.1 Å². The maximum atomic E-state index is 10.7. The van der Waals surface area contributed by atoms with E-state index in [4.69, 9.17) is 10.8 Å². The first-order valence-corrected chi connectivity index (χ1v) is 5.06. The summed E-state index contributed by atoms with van der Waals surface area (Å²) in [5, 5.41) is 12.1. The molecule has 0 saturated heterocycles. The van der Waals surface area contributed by atoms with Gasteiger partial charge in [0.15, 0.2) is 0 Å². The number of carbonyl (C=O) groups is 1. The number of carboxylic acid groups (broad SMARTS) is 1. The van der Waals surface area contributed by atoms with Gasteiger partial charge < -0.3 is 16.2 Å². The Hall–Kier alpha value is -1.71. The topological polar surface area (TPSA) is 75.3 Å². The molecule has 0 aromatic heterocycles. The van der Waals surface area contributed by atoms with Crippen LogP contribution in [0, 0.1) is 0 Å². The number of nitrogens with one attached hydrogen (secondary N) is 1. The summed E-state index contributed by atoms with van der Waals surface area (Å²) in [6.07, 6.45) is 3.63. The molecule has 1 fully saturated rings. The second kappa shape index (κ2) is 3.81. The van der Waals surface area contributed by atoms with Crippen molar-refractivity contribution in [2.75, 3.05) is 11.1 Å². The number of carboxylic acids is 1. The molecule has 1 aliphatic carbocycles. The largest absolute Gasteiger partial charge is 0.478 e. The van der Waals surface area contributed by atoms with Gasteiger partial charge in [0, 0.05) is 17.4 Å². The van der Waals surface area contributed by atoms with Crippen molar-refractivity contribution >= 4 is 17.3 Å². The normalized spacial score (nSPS) is 15.7. The molecule has 0 aliphatic heterocycles. The SMILES string of the molecule is Nc1cc(NC2CCC2)ccc1C(=O)O. The minimum atomic E-state index is -0.984. The van der Waals surface area contributed by atoms with Crippen molar-refractivity contribution in [1.29, 1.82) is 0 Å². The Morgan fingerprint density at radius 2 is 2.20 bits per heavy atom. The van der Waals surface area contributed by atoms with Crippen LogP contribution in [0.25, 0.3) is 0 Å². The van der Waals surface area contributed by atoms with Gasteiger partial charge in [0.05, 0.1) is 5.56 Å². The summed E-state index contributed by atoms with van der Waals surface area (Å²) >= 11 is 0. The van der Waals surface area contributed by atoms with Crippen molar-refractivity contribution in [2.45, 2.75) is 25.3 Å². The van der Waals surface area contributed by atoms with Gasteiger partial charge in [-0.25, -0.2) is 4.79 Å². The molecule has 0 unspecified atom stereocenters. The van der Waals surface area contributed by atoms with E-state index in [1.165, 1.54) is 19.3 Å². The number of nitrogen functional groups attached to an aromatic ring is 1. The second-order valence-corrected chi connectivity index (χ2v) is 3.88. The molecule has 4 heteroatoms. The molecule has 1 saturated carbocycles. The average molecular weight is 206 g/mol. The lowest BCUT2D eigenvalue weighted by atomic mass is 9.93. The first kappa shape index (κ1) is 9.83. The van der Waals surface area contributed by atoms with E-state index >= 15 is 0 Å². The first-order valence-electron chi connectivity index (χ1n) is 5.06. The highest BCUT2D eigenvalue weighted by atomic mass is 16.4. The quantitative estimate of drug-likeness (QED) is 0.660. The van der Waals surface area contributed by atoms with Gasteiger partial charge in [-0.1, -0.05) is 0 Å². The predicted molar refractivity (Wildman–Crippen MR) is 59.1 cm³/mol. The highest BCUT2D eigenvalue weighted by Gasteiger charge is 2.17. The van der Waals surface area contributed by atoms with Crippen LogP contribution in [-0.2, 0) is 0 Å². The highest BCUT2D eigenvalue weighted by Crippen LogP contribution is 2.25. The van der Waals surface area contributed by atoms with Gasteiger partial charge in [-0.3, -0.25) is 0 Å². The van der Waals surface area contributed by atoms with Crippen molar-refractivity contribution in [2.24, 2.45) is 0 Å². The van der Waals surface area contributed by atoms with E-state index in [2.05, 4.69) is 5.32 Å². The minimum Gasteiger partial charge on any atom is -0.478 e. The van der Waals surface area contributed by atoms with Gasteiger partial charge in [0.25, 0.3) is 0 Å². The van der Waals surface area contributed by atoms with Crippen LogP contribution < -0.4 is 11.1 Å². The van der Waals surface area contributed by atoms with E-state index in [1.807, 2.05) is 0 Å². The molecule has 1 aromatic carbocycles. The maximum Gasteiger partial charge on any atom is 0.337 e. The monoisotopic (exact) mass is 206 g/mol. The molecule has 0 heterocycles. The van der Waals surface area contributed by atoms with Gasteiger partial charge >= 0.3 is 5.97 Å². The number of nitrogens with two attached hydrogens (primary N) is 1. The fraction of sp³-hybridized carbons (Fsp3) is 0.364. The average Bonchev–Trinajstić information content (AvgIpc) is 2.11. The lowest BCUT2D eigenvalue weighted by Crippen LogP contribution is -2.27. The highest BCUT2D eigenvalue weighted by molar-refractivity contribution is 5.94. The zero-order valence-corrected chi connectivity index (χ0v) is 8.36. The fourth-order valence-electron chi connectivity index (χ4n) is 1.64. The zero-order valence-electron chi connectivity index (χ0n) is 8.36. The van der Waals surface area contributed by atoms with E-state index < -0.39 is 5.97 Å². The summed E-state index contributed by atoms with van der Waals surface area (Å²) in [7, 11) is 0. The van der Waals surface area contributed by atoms with Crippen LogP contribution in [0.15, 0.2) is 18.2 Å². The fourth-order valence-corrected chi connectivity index (χ4v) is 1.64. The standard InChI is InChI=1S/C11H14N2O2/c12-10-6-8(13-7-2-1-3-7)4-5-9(10)11(14)15/h4-7,13H,1-3,12H2,(H,14,15). The molecule has 2 rings (SSSR count). The van der Waals surface area contributed by atoms with E-state index in [0.717, 1.165) is 5.69 Å². The van der Waals surface area contributed by atoms with Crippen molar-refractivity contribution in [1.82, 2.24) is 0 Å². The minimum absolute atomic E-state index is 0.161. The van der Waals surface area contributed by atoms with Crippen molar-refractivity contribution < 1.29 is 9.90 Å². The van der Waals surface area contributed by atoms with Gasteiger partial charge in [-0.05, 0) is 37.5 Å². The van der Waals surface area contributed by atoms with E-state index in [9.17, 15) is 4.79 Å². The van der Waals surface area contributed by atoms with Gasteiger partial charge in [-0.2, -0.15) is 0 Å². The molecule has 0 amide bonds. The van der Waals surface area contributed by atoms with Crippen molar-refractivity contribution in [3.8, 4) is 0 Å². The Morgan fingerprint density at radius 1 is 1.47 bits per heavy atom. The number of hydrogen-bond donors (Lipinski definition) is 3. The summed E-state index contributed by atoms with van der Waals surface area (Å²) in [5.41, 5.74) is 7.01. The summed E-state index contributed by atoms with van der Waals surface area (Å²) in [5.74, 6) is -0.984. The Bertz CT molecular complexity index is 386. The van der Waals surface area contributed by atoms with Crippen molar-refractivity contribution in [3.05, 3.63) is 23.8 Å².